The first kappa shape index (κ1) is 12.6. The fourth-order valence-electron chi connectivity index (χ4n) is 2.16. The van der Waals surface area contributed by atoms with Gasteiger partial charge in [0.1, 0.15) is 11.6 Å². The molecule has 0 amide bonds. The van der Waals surface area contributed by atoms with Gasteiger partial charge in [-0.1, -0.05) is 0 Å². The Labute approximate surface area is 105 Å². The molecule has 7 nitrogen and oxygen atoms in total. The average molecular weight is 251 g/mol. The summed E-state index contributed by atoms with van der Waals surface area (Å²) in [7, 11) is 4.06. The molecule has 1 aromatic rings. The molecule has 1 unspecified atom stereocenters. The van der Waals surface area contributed by atoms with E-state index in [0.29, 0.717) is 11.9 Å². The van der Waals surface area contributed by atoms with E-state index in [1.165, 1.54) is 12.1 Å². The van der Waals surface area contributed by atoms with Crippen LogP contribution < -0.4 is 10.6 Å². The highest BCUT2D eigenvalue weighted by atomic mass is 16.6. The van der Waals surface area contributed by atoms with E-state index in [4.69, 9.17) is 5.73 Å². The lowest BCUT2D eigenvalue weighted by Gasteiger charge is -2.21. The van der Waals surface area contributed by atoms with E-state index in [9.17, 15) is 10.1 Å². The largest absolute Gasteiger partial charge is 0.383 e. The van der Waals surface area contributed by atoms with Crippen molar-refractivity contribution in [3.05, 3.63) is 22.2 Å². The summed E-state index contributed by atoms with van der Waals surface area (Å²) in [5.74, 6) is 0.776. The van der Waals surface area contributed by atoms with Crippen LogP contribution in [0.4, 0.5) is 17.3 Å². The van der Waals surface area contributed by atoms with E-state index in [-0.39, 0.29) is 11.5 Å². The number of rotatable bonds is 3. The topological polar surface area (TPSA) is 88.5 Å². The van der Waals surface area contributed by atoms with Gasteiger partial charge in [-0.2, -0.15) is 0 Å². The molecule has 0 aromatic carbocycles. The number of aromatic nitrogens is 1. The minimum absolute atomic E-state index is 0.00852. The first-order valence-electron chi connectivity index (χ1n) is 5.80. The van der Waals surface area contributed by atoms with E-state index < -0.39 is 4.92 Å². The monoisotopic (exact) mass is 251 g/mol. The molecule has 1 atom stereocenters. The summed E-state index contributed by atoms with van der Waals surface area (Å²) in [5, 5.41) is 10.8. The average Bonchev–Trinajstić information content (AvgIpc) is 2.77. The van der Waals surface area contributed by atoms with E-state index in [0.717, 1.165) is 19.5 Å². The summed E-state index contributed by atoms with van der Waals surface area (Å²) in [6.45, 7) is 1.66. The molecule has 2 rings (SSSR count). The van der Waals surface area contributed by atoms with Crippen molar-refractivity contribution in [1.29, 1.82) is 0 Å². The van der Waals surface area contributed by atoms with Gasteiger partial charge in [0.25, 0.3) is 5.69 Å². The molecule has 18 heavy (non-hydrogen) atoms. The fraction of sp³-hybridized carbons (Fsp3) is 0.545. The van der Waals surface area contributed by atoms with E-state index >= 15 is 0 Å². The number of nitrogens with two attached hydrogens (primary N) is 1. The van der Waals surface area contributed by atoms with Crippen LogP contribution in [0.5, 0.6) is 0 Å². The van der Waals surface area contributed by atoms with E-state index in [1.807, 2.05) is 19.0 Å². The zero-order valence-corrected chi connectivity index (χ0v) is 10.5. The molecule has 1 aliphatic rings. The van der Waals surface area contributed by atoms with Gasteiger partial charge in [-0.05, 0) is 20.5 Å². The van der Waals surface area contributed by atoms with E-state index in [2.05, 4.69) is 9.88 Å². The molecule has 98 valence electrons. The number of pyridine rings is 1. The van der Waals surface area contributed by atoms with Crippen LogP contribution in [0.1, 0.15) is 6.42 Å². The van der Waals surface area contributed by atoms with Crippen molar-refractivity contribution in [2.75, 3.05) is 37.8 Å². The van der Waals surface area contributed by atoms with Crippen molar-refractivity contribution in [3.63, 3.8) is 0 Å². The Balaban J connectivity index is 2.21. The normalized spacial score (nSPS) is 19.5. The number of nitrogen functional groups attached to an aromatic ring is 1. The minimum Gasteiger partial charge on any atom is -0.383 e. The predicted molar refractivity (Wildman–Crippen MR) is 69.6 cm³/mol. The predicted octanol–water partition coefficient (Wildman–Crippen LogP) is 0.712. The van der Waals surface area contributed by atoms with Crippen molar-refractivity contribution < 1.29 is 4.92 Å². The smallest absolute Gasteiger partial charge is 0.276 e. The number of nitro groups is 1. The summed E-state index contributed by atoms with van der Waals surface area (Å²) < 4.78 is 0. The minimum atomic E-state index is -0.443. The van der Waals surface area contributed by atoms with Crippen molar-refractivity contribution in [1.82, 2.24) is 9.88 Å². The summed E-state index contributed by atoms with van der Waals surface area (Å²) in [5.41, 5.74) is 5.60. The lowest BCUT2D eigenvalue weighted by atomic mass is 10.2. The highest BCUT2D eigenvalue weighted by Crippen LogP contribution is 2.25. The third-order valence-corrected chi connectivity index (χ3v) is 3.24. The number of likely N-dealkylation sites (N-methyl/N-ethyl adjacent to an activating group) is 1. The first-order valence-corrected chi connectivity index (χ1v) is 5.80. The van der Waals surface area contributed by atoms with Crippen LogP contribution in [-0.2, 0) is 0 Å². The molecule has 0 spiro atoms. The molecule has 1 saturated heterocycles. The lowest BCUT2D eigenvalue weighted by Crippen LogP contribution is -2.31. The van der Waals surface area contributed by atoms with Gasteiger partial charge in [0.2, 0.25) is 0 Å². The van der Waals surface area contributed by atoms with Gasteiger partial charge in [-0.15, -0.1) is 0 Å². The van der Waals surface area contributed by atoms with Gasteiger partial charge in [0, 0.05) is 19.1 Å². The van der Waals surface area contributed by atoms with E-state index in [1.54, 1.807) is 0 Å². The second-order valence-electron chi connectivity index (χ2n) is 4.72. The van der Waals surface area contributed by atoms with Crippen LogP contribution in [0.3, 0.4) is 0 Å². The Hall–Kier alpha value is -1.89. The summed E-state index contributed by atoms with van der Waals surface area (Å²) in [4.78, 5) is 18.7. The van der Waals surface area contributed by atoms with Gasteiger partial charge in [0.15, 0.2) is 0 Å². The maximum Gasteiger partial charge on any atom is 0.276 e. The third-order valence-electron chi connectivity index (χ3n) is 3.24. The highest BCUT2D eigenvalue weighted by molar-refractivity contribution is 5.54. The Morgan fingerprint density at radius 3 is 2.83 bits per heavy atom. The maximum atomic E-state index is 10.8. The molecule has 0 saturated carbocycles. The summed E-state index contributed by atoms with van der Waals surface area (Å²) in [6, 6.07) is 3.21. The standard InChI is InChI=1S/C11H17N5O2/c1-14(2)8-3-4-15(7-8)11-6-9(16(17)18)5-10(12)13-11/h5-6,8H,3-4,7H2,1-2H3,(H2,12,13). The second-order valence-corrected chi connectivity index (χ2v) is 4.72. The van der Waals surface area contributed by atoms with Gasteiger partial charge < -0.3 is 15.5 Å². The number of anilines is 2. The Morgan fingerprint density at radius 2 is 2.28 bits per heavy atom. The molecular weight excluding hydrogens is 234 g/mol. The number of hydrogen-bond acceptors (Lipinski definition) is 6. The van der Waals surface area contributed by atoms with Crippen molar-refractivity contribution in [3.8, 4) is 0 Å². The molecule has 0 aliphatic carbocycles. The molecule has 1 fully saturated rings. The molecule has 0 radical (unpaired) electrons. The Morgan fingerprint density at radius 1 is 1.56 bits per heavy atom. The molecule has 7 heteroatoms. The zero-order chi connectivity index (χ0) is 13.3. The third kappa shape index (κ3) is 2.51. The number of nitrogens with zero attached hydrogens (tertiary/aromatic N) is 4. The van der Waals surface area contributed by atoms with Gasteiger partial charge in [-0.3, -0.25) is 10.1 Å². The molecule has 1 aromatic heterocycles. The van der Waals surface area contributed by atoms with Crippen LogP contribution in [0.25, 0.3) is 0 Å². The quantitative estimate of drug-likeness (QED) is 0.628. The Kier molecular flexibility index (Phi) is 3.33. The van der Waals surface area contributed by atoms with Crippen molar-refractivity contribution >= 4 is 17.3 Å². The Bertz CT molecular complexity index is 463. The van der Waals surface area contributed by atoms with Crippen LogP contribution in [0.15, 0.2) is 12.1 Å². The van der Waals surface area contributed by atoms with Crippen molar-refractivity contribution in [2.24, 2.45) is 0 Å². The zero-order valence-electron chi connectivity index (χ0n) is 10.5. The van der Waals surface area contributed by atoms with Crippen LogP contribution >= 0.6 is 0 Å². The lowest BCUT2D eigenvalue weighted by molar-refractivity contribution is -0.384. The first-order chi connectivity index (χ1) is 8.47. The highest BCUT2D eigenvalue weighted by Gasteiger charge is 2.26. The van der Waals surface area contributed by atoms with Crippen molar-refractivity contribution in [2.45, 2.75) is 12.5 Å². The summed E-state index contributed by atoms with van der Waals surface area (Å²) in [6.07, 6.45) is 1.03. The van der Waals surface area contributed by atoms with Gasteiger partial charge >= 0.3 is 0 Å². The number of hydrogen-bond donors (Lipinski definition) is 1. The van der Waals surface area contributed by atoms with Gasteiger partial charge in [-0.25, -0.2) is 4.98 Å². The summed E-state index contributed by atoms with van der Waals surface area (Å²) >= 11 is 0. The fourth-order valence-corrected chi connectivity index (χ4v) is 2.16. The molecule has 1 aliphatic heterocycles. The van der Waals surface area contributed by atoms with Crippen LogP contribution in [0, 0.1) is 10.1 Å². The van der Waals surface area contributed by atoms with Gasteiger partial charge in [0.05, 0.1) is 17.1 Å². The molecular formula is C11H17N5O2. The van der Waals surface area contributed by atoms with Crippen LogP contribution in [0.2, 0.25) is 0 Å². The molecule has 2 heterocycles. The van der Waals surface area contributed by atoms with Crippen LogP contribution in [-0.4, -0.2) is 48.0 Å². The molecule has 0 bridgehead atoms. The second kappa shape index (κ2) is 4.77. The molecule has 2 N–H and O–H groups in total. The maximum absolute atomic E-state index is 10.8. The SMILES string of the molecule is CN(C)C1CCN(c2cc([N+](=O)[O-])cc(N)n2)C1.